The Kier molecular flexibility index (Phi) is 7.61. The highest BCUT2D eigenvalue weighted by Crippen LogP contribution is 2.32. The van der Waals surface area contributed by atoms with E-state index in [1.807, 2.05) is 39.0 Å². The number of nitrogens with one attached hydrogen (secondary N) is 1. The summed E-state index contributed by atoms with van der Waals surface area (Å²) in [4.78, 5) is 11.6. The van der Waals surface area contributed by atoms with Crippen molar-refractivity contribution in [1.82, 2.24) is 5.32 Å². The van der Waals surface area contributed by atoms with Crippen LogP contribution in [0.2, 0.25) is 0 Å². The largest absolute Gasteiger partial charge is 0.490 e. The summed E-state index contributed by atoms with van der Waals surface area (Å²) in [6, 6.07) is 5.79. The summed E-state index contributed by atoms with van der Waals surface area (Å²) >= 11 is 0. The molecule has 1 rings (SSSR count). The third kappa shape index (κ3) is 5.63. The smallest absolute Gasteiger partial charge is 0.257 e. The fourth-order valence-corrected chi connectivity index (χ4v) is 1.97. The Morgan fingerprint density at radius 2 is 2.05 bits per heavy atom. The van der Waals surface area contributed by atoms with Crippen molar-refractivity contribution in [3.63, 3.8) is 0 Å². The van der Waals surface area contributed by atoms with Crippen molar-refractivity contribution < 1.29 is 14.3 Å². The summed E-state index contributed by atoms with van der Waals surface area (Å²) < 4.78 is 11.3. The molecule has 0 aliphatic rings. The van der Waals surface area contributed by atoms with Crippen molar-refractivity contribution in [2.75, 3.05) is 19.8 Å². The zero-order valence-electron chi connectivity index (χ0n) is 13.1. The van der Waals surface area contributed by atoms with Gasteiger partial charge in [0.05, 0.1) is 6.61 Å². The second-order valence-electron chi connectivity index (χ2n) is 4.79. The maximum Gasteiger partial charge on any atom is 0.257 e. The van der Waals surface area contributed by atoms with Gasteiger partial charge in [-0.1, -0.05) is 19.1 Å². The molecule has 0 heterocycles. The van der Waals surface area contributed by atoms with Crippen molar-refractivity contribution in [2.45, 2.75) is 39.7 Å². The van der Waals surface area contributed by atoms with E-state index in [0.717, 1.165) is 12.0 Å². The highest BCUT2D eigenvalue weighted by Gasteiger charge is 2.14. The first-order valence-electron chi connectivity index (χ1n) is 7.52. The minimum atomic E-state index is -0.144. The van der Waals surface area contributed by atoms with E-state index in [4.69, 9.17) is 15.2 Å². The summed E-state index contributed by atoms with van der Waals surface area (Å²) in [5, 5.41) is 2.71. The van der Waals surface area contributed by atoms with Crippen molar-refractivity contribution in [1.29, 1.82) is 0 Å². The van der Waals surface area contributed by atoms with E-state index in [1.54, 1.807) is 0 Å². The molecule has 0 saturated heterocycles. The van der Waals surface area contributed by atoms with Crippen molar-refractivity contribution >= 4 is 5.91 Å². The molecule has 118 valence electrons. The lowest BCUT2D eigenvalue weighted by Gasteiger charge is -2.17. The van der Waals surface area contributed by atoms with Gasteiger partial charge in [0, 0.05) is 12.6 Å². The SMILES string of the molecule is CCNC(=O)COc1c(CC(N)CC)cccc1OCC. The molecule has 1 amide bonds. The monoisotopic (exact) mass is 294 g/mol. The first-order chi connectivity index (χ1) is 10.1. The minimum Gasteiger partial charge on any atom is -0.490 e. The fourth-order valence-electron chi connectivity index (χ4n) is 1.97. The normalized spacial score (nSPS) is 11.8. The van der Waals surface area contributed by atoms with E-state index >= 15 is 0 Å². The van der Waals surface area contributed by atoms with Crippen LogP contribution in [0.15, 0.2) is 18.2 Å². The molecule has 5 heteroatoms. The zero-order chi connectivity index (χ0) is 15.7. The maximum absolute atomic E-state index is 11.6. The number of hydrogen-bond donors (Lipinski definition) is 2. The van der Waals surface area contributed by atoms with Crippen LogP contribution < -0.4 is 20.5 Å². The van der Waals surface area contributed by atoms with E-state index in [0.29, 0.717) is 31.1 Å². The molecule has 5 nitrogen and oxygen atoms in total. The van der Waals surface area contributed by atoms with Crippen LogP contribution in [0.3, 0.4) is 0 Å². The molecule has 1 atom stereocenters. The molecule has 0 bridgehead atoms. The summed E-state index contributed by atoms with van der Waals surface area (Å²) in [5.41, 5.74) is 7.00. The summed E-state index contributed by atoms with van der Waals surface area (Å²) in [6.45, 7) is 6.94. The van der Waals surface area contributed by atoms with Crippen LogP contribution in [0.1, 0.15) is 32.8 Å². The van der Waals surface area contributed by atoms with Gasteiger partial charge in [0.2, 0.25) is 0 Å². The quantitative estimate of drug-likeness (QED) is 0.729. The van der Waals surface area contributed by atoms with Crippen molar-refractivity contribution in [3.8, 4) is 11.5 Å². The molecule has 1 aromatic rings. The van der Waals surface area contributed by atoms with Crippen LogP contribution in [0.4, 0.5) is 0 Å². The number of ether oxygens (including phenoxy) is 2. The average Bonchev–Trinajstić information content (AvgIpc) is 2.47. The second-order valence-corrected chi connectivity index (χ2v) is 4.79. The molecular weight excluding hydrogens is 268 g/mol. The number of nitrogens with two attached hydrogens (primary N) is 1. The third-order valence-electron chi connectivity index (χ3n) is 3.09. The van der Waals surface area contributed by atoms with E-state index in [2.05, 4.69) is 5.32 Å². The highest BCUT2D eigenvalue weighted by atomic mass is 16.5. The Labute approximate surface area is 126 Å². The molecule has 0 spiro atoms. The topological polar surface area (TPSA) is 73.6 Å². The third-order valence-corrected chi connectivity index (χ3v) is 3.09. The zero-order valence-corrected chi connectivity index (χ0v) is 13.1. The average molecular weight is 294 g/mol. The van der Waals surface area contributed by atoms with Gasteiger partial charge in [-0.25, -0.2) is 0 Å². The lowest BCUT2D eigenvalue weighted by atomic mass is 10.0. The fraction of sp³-hybridized carbons (Fsp3) is 0.562. The Balaban J connectivity index is 2.90. The van der Waals surface area contributed by atoms with Gasteiger partial charge in [0.1, 0.15) is 0 Å². The van der Waals surface area contributed by atoms with E-state index in [-0.39, 0.29) is 18.6 Å². The van der Waals surface area contributed by atoms with Crippen LogP contribution in [-0.2, 0) is 11.2 Å². The van der Waals surface area contributed by atoms with Gasteiger partial charge in [0.25, 0.3) is 5.91 Å². The van der Waals surface area contributed by atoms with Gasteiger partial charge in [-0.15, -0.1) is 0 Å². The Hall–Kier alpha value is -1.75. The number of hydrogen-bond acceptors (Lipinski definition) is 4. The first-order valence-corrected chi connectivity index (χ1v) is 7.52. The summed E-state index contributed by atoms with van der Waals surface area (Å²) in [6.07, 6.45) is 1.58. The summed E-state index contributed by atoms with van der Waals surface area (Å²) in [5.74, 6) is 1.13. The van der Waals surface area contributed by atoms with Gasteiger partial charge in [0.15, 0.2) is 18.1 Å². The predicted octanol–water partition coefficient (Wildman–Crippen LogP) is 1.88. The lowest BCUT2D eigenvalue weighted by Crippen LogP contribution is -2.29. The number of rotatable bonds is 9. The minimum absolute atomic E-state index is 0.0215. The molecular formula is C16H26N2O3. The molecule has 1 unspecified atom stereocenters. The molecule has 0 fully saturated rings. The number of para-hydroxylation sites is 1. The molecule has 1 aromatic carbocycles. The van der Waals surface area contributed by atoms with E-state index in [1.165, 1.54) is 0 Å². The number of benzene rings is 1. The number of amides is 1. The van der Waals surface area contributed by atoms with Gasteiger partial charge in [-0.05, 0) is 38.3 Å². The molecule has 0 aliphatic heterocycles. The Bertz CT molecular complexity index is 449. The maximum atomic E-state index is 11.6. The first kappa shape index (κ1) is 17.3. The van der Waals surface area contributed by atoms with E-state index < -0.39 is 0 Å². The van der Waals surface area contributed by atoms with Crippen molar-refractivity contribution in [2.24, 2.45) is 5.73 Å². The van der Waals surface area contributed by atoms with Crippen LogP contribution in [0.5, 0.6) is 11.5 Å². The van der Waals surface area contributed by atoms with Crippen LogP contribution in [0.25, 0.3) is 0 Å². The van der Waals surface area contributed by atoms with Gasteiger partial charge in [-0.3, -0.25) is 4.79 Å². The Morgan fingerprint density at radius 1 is 1.29 bits per heavy atom. The predicted molar refractivity (Wildman–Crippen MR) is 83.8 cm³/mol. The molecule has 0 radical (unpaired) electrons. The summed E-state index contributed by atoms with van der Waals surface area (Å²) in [7, 11) is 0. The van der Waals surface area contributed by atoms with Gasteiger partial charge in [-0.2, -0.15) is 0 Å². The van der Waals surface area contributed by atoms with Crippen LogP contribution >= 0.6 is 0 Å². The molecule has 3 N–H and O–H groups in total. The van der Waals surface area contributed by atoms with E-state index in [9.17, 15) is 4.79 Å². The number of carbonyl (C=O) groups is 1. The lowest BCUT2D eigenvalue weighted by molar-refractivity contribution is -0.123. The second kappa shape index (κ2) is 9.23. The molecule has 21 heavy (non-hydrogen) atoms. The van der Waals surface area contributed by atoms with Crippen LogP contribution in [0, 0.1) is 0 Å². The van der Waals surface area contributed by atoms with Crippen LogP contribution in [-0.4, -0.2) is 31.7 Å². The van der Waals surface area contributed by atoms with Crippen molar-refractivity contribution in [3.05, 3.63) is 23.8 Å². The number of likely N-dealkylation sites (N-methyl/N-ethyl adjacent to an activating group) is 1. The molecule has 0 aromatic heterocycles. The van der Waals surface area contributed by atoms with Gasteiger partial charge < -0.3 is 20.5 Å². The number of carbonyl (C=O) groups excluding carboxylic acids is 1. The van der Waals surface area contributed by atoms with Gasteiger partial charge >= 0.3 is 0 Å². The molecule has 0 aliphatic carbocycles. The molecule has 0 saturated carbocycles. The Morgan fingerprint density at radius 3 is 2.67 bits per heavy atom. The highest BCUT2D eigenvalue weighted by molar-refractivity contribution is 5.77. The standard InChI is InChI=1S/C16H26N2O3/c1-4-13(17)10-12-8-7-9-14(20-6-3)16(12)21-11-15(19)18-5-2/h7-9,13H,4-6,10-11,17H2,1-3H3,(H,18,19).